The lowest BCUT2D eigenvalue weighted by Crippen LogP contribution is -2.36. The summed E-state index contributed by atoms with van der Waals surface area (Å²) in [7, 11) is -2.08. The molecular weight excluding hydrogens is 268 g/mol. The van der Waals surface area contributed by atoms with Crippen LogP contribution in [0.1, 0.15) is 26.3 Å². The molecule has 0 aromatic carbocycles. The van der Waals surface area contributed by atoms with Crippen molar-refractivity contribution in [1.82, 2.24) is 20.2 Å². The average Bonchev–Trinajstić information content (AvgIpc) is 2.74. The van der Waals surface area contributed by atoms with Crippen molar-refractivity contribution in [2.45, 2.75) is 44.4 Å². The second-order valence-electron chi connectivity index (χ2n) is 4.74. The predicted octanol–water partition coefficient (Wildman–Crippen LogP) is 0.221. The first-order chi connectivity index (χ1) is 8.86. The number of rotatable bonds is 8. The lowest BCUT2D eigenvalue weighted by molar-refractivity contribution is 0.180. The van der Waals surface area contributed by atoms with Gasteiger partial charge in [-0.3, -0.25) is 5.10 Å². The summed E-state index contributed by atoms with van der Waals surface area (Å²) < 4.78 is 31.8. The Morgan fingerprint density at radius 3 is 2.68 bits per heavy atom. The Morgan fingerprint density at radius 1 is 1.42 bits per heavy atom. The zero-order valence-corrected chi connectivity index (χ0v) is 12.5. The molecular formula is C11H22N4O3S. The largest absolute Gasteiger partial charge is 0.383 e. The third kappa shape index (κ3) is 4.90. The molecule has 0 aliphatic rings. The van der Waals surface area contributed by atoms with Gasteiger partial charge in [0, 0.05) is 31.3 Å². The van der Waals surface area contributed by atoms with Crippen LogP contribution in [0.4, 0.5) is 0 Å². The number of nitrogens with zero attached hydrogens (tertiary/aromatic N) is 1. The summed E-state index contributed by atoms with van der Waals surface area (Å²) in [5.74, 6) is 0. The molecule has 1 aromatic heterocycles. The Bertz CT molecular complexity index is 484. The van der Waals surface area contributed by atoms with Crippen LogP contribution in [0.5, 0.6) is 0 Å². The van der Waals surface area contributed by atoms with Gasteiger partial charge in [0.15, 0.2) is 5.03 Å². The maximum Gasteiger partial charge on any atom is 0.258 e. The minimum Gasteiger partial charge on any atom is -0.383 e. The van der Waals surface area contributed by atoms with E-state index in [1.807, 2.05) is 13.8 Å². The van der Waals surface area contributed by atoms with E-state index in [0.717, 1.165) is 0 Å². The van der Waals surface area contributed by atoms with Crippen LogP contribution in [0, 0.1) is 0 Å². The lowest BCUT2D eigenvalue weighted by Gasteiger charge is -2.13. The van der Waals surface area contributed by atoms with Crippen LogP contribution in [0.15, 0.2) is 11.2 Å². The molecule has 7 nitrogen and oxygen atoms in total. The quantitative estimate of drug-likeness (QED) is 0.636. The number of hydrogen-bond acceptors (Lipinski definition) is 5. The van der Waals surface area contributed by atoms with Crippen molar-refractivity contribution in [3.63, 3.8) is 0 Å². The molecule has 8 heteroatoms. The third-order valence-corrected chi connectivity index (χ3v) is 4.02. The lowest BCUT2D eigenvalue weighted by atomic mass is 10.3. The van der Waals surface area contributed by atoms with Crippen LogP contribution >= 0.6 is 0 Å². The average molecular weight is 290 g/mol. The molecule has 0 bridgehead atoms. The van der Waals surface area contributed by atoms with E-state index in [4.69, 9.17) is 4.74 Å². The van der Waals surface area contributed by atoms with Gasteiger partial charge in [-0.05, 0) is 6.92 Å². The summed E-state index contributed by atoms with van der Waals surface area (Å²) in [6.07, 6.45) is 1.52. The number of aromatic amines is 1. The van der Waals surface area contributed by atoms with E-state index < -0.39 is 10.0 Å². The zero-order valence-electron chi connectivity index (χ0n) is 11.7. The highest BCUT2D eigenvalue weighted by Crippen LogP contribution is 2.12. The van der Waals surface area contributed by atoms with E-state index in [1.165, 1.54) is 13.3 Å². The second kappa shape index (κ2) is 6.99. The molecule has 0 radical (unpaired) electrons. The molecule has 19 heavy (non-hydrogen) atoms. The van der Waals surface area contributed by atoms with Crippen molar-refractivity contribution < 1.29 is 13.2 Å². The summed E-state index contributed by atoms with van der Waals surface area (Å²) in [5, 5.41) is 9.60. The first kappa shape index (κ1) is 16.1. The molecule has 110 valence electrons. The van der Waals surface area contributed by atoms with E-state index >= 15 is 0 Å². The van der Waals surface area contributed by atoms with Crippen LogP contribution in [-0.4, -0.2) is 44.4 Å². The Kier molecular flexibility index (Phi) is 5.92. The maximum absolute atomic E-state index is 12.2. The minimum absolute atomic E-state index is 0.101. The second-order valence-corrected chi connectivity index (χ2v) is 6.39. The molecule has 1 rings (SSSR count). The normalized spacial score (nSPS) is 13.9. The minimum atomic E-state index is -3.60. The van der Waals surface area contributed by atoms with Crippen LogP contribution in [0.2, 0.25) is 0 Å². The fraction of sp³-hybridized carbons (Fsp3) is 0.727. The van der Waals surface area contributed by atoms with Gasteiger partial charge in [-0.1, -0.05) is 13.8 Å². The van der Waals surface area contributed by atoms with Gasteiger partial charge in [-0.2, -0.15) is 5.10 Å². The van der Waals surface area contributed by atoms with Crippen molar-refractivity contribution in [2.75, 3.05) is 13.7 Å². The smallest absolute Gasteiger partial charge is 0.258 e. The first-order valence-electron chi connectivity index (χ1n) is 6.13. The maximum atomic E-state index is 12.2. The van der Waals surface area contributed by atoms with E-state index in [0.29, 0.717) is 18.7 Å². The van der Waals surface area contributed by atoms with Gasteiger partial charge in [0.05, 0.1) is 12.8 Å². The number of aromatic nitrogens is 2. The highest BCUT2D eigenvalue weighted by atomic mass is 32.2. The molecule has 1 heterocycles. The molecule has 1 atom stereocenters. The Labute approximate surface area is 114 Å². The fourth-order valence-electron chi connectivity index (χ4n) is 1.58. The van der Waals surface area contributed by atoms with Gasteiger partial charge in [-0.15, -0.1) is 0 Å². The third-order valence-electron chi connectivity index (χ3n) is 2.42. The summed E-state index contributed by atoms with van der Waals surface area (Å²) in [5.41, 5.74) is 0.616. The first-order valence-corrected chi connectivity index (χ1v) is 7.62. The molecule has 0 saturated carbocycles. The molecule has 0 fully saturated rings. The standard InChI is InChI=1S/C11H22N4O3S/c1-8(2)12-5-10-6-13-14-11(10)19(16,17)15-9(3)7-18-4/h6,8-9,12,15H,5,7H2,1-4H3,(H,13,14). The number of H-pyrrole nitrogens is 1. The van der Waals surface area contributed by atoms with Crippen molar-refractivity contribution >= 4 is 10.0 Å². The Morgan fingerprint density at radius 2 is 2.11 bits per heavy atom. The van der Waals surface area contributed by atoms with Crippen LogP contribution in [-0.2, 0) is 21.3 Å². The van der Waals surface area contributed by atoms with Crippen molar-refractivity contribution in [2.24, 2.45) is 0 Å². The molecule has 0 aliphatic carbocycles. The Balaban J connectivity index is 2.81. The summed E-state index contributed by atoms with van der Waals surface area (Å²) in [4.78, 5) is 0. The summed E-state index contributed by atoms with van der Waals surface area (Å²) in [6, 6.07) is -0.0324. The number of sulfonamides is 1. The monoisotopic (exact) mass is 290 g/mol. The molecule has 0 aliphatic heterocycles. The van der Waals surface area contributed by atoms with Crippen molar-refractivity contribution in [1.29, 1.82) is 0 Å². The van der Waals surface area contributed by atoms with Crippen LogP contribution in [0.3, 0.4) is 0 Å². The van der Waals surface area contributed by atoms with Gasteiger partial charge in [0.2, 0.25) is 0 Å². The number of ether oxygens (including phenoxy) is 1. The predicted molar refractivity (Wildman–Crippen MR) is 72.2 cm³/mol. The Hall–Kier alpha value is -0.960. The highest BCUT2D eigenvalue weighted by Gasteiger charge is 2.22. The van der Waals surface area contributed by atoms with Gasteiger partial charge >= 0.3 is 0 Å². The van der Waals surface area contributed by atoms with Gasteiger partial charge < -0.3 is 10.1 Å². The van der Waals surface area contributed by atoms with E-state index in [1.54, 1.807) is 6.92 Å². The molecule has 0 amide bonds. The summed E-state index contributed by atoms with van der Waals surface area (Å²) in [6.45, 7) is 6.49. The van der Waals surface area contributed by atoms with E-state index in [-0.39, 0.29) is 17.1 Å². The molecule has 0 spiro atoms. The molecule has 1 aromatic rings. The topological polar surface area (TPSA) is 96.1 Å². The van der Waals surface area contributed by atoms with E-state index in [9.17, 15) is 8.42 Å². The molecule has 1 unspecified atom stereocenters. The van der Waals surface area contributed by atoms with Crippen molar-refractivity contribution in [3.8, 4) is 0 Å². The van der Waals surface area contributed by atoms with Gasteiger partial charge in [0.1, 0.15) is 0 Å². The molecule has 3 N–H and O–H groups in total. The van der Waals surface area contributed by atoms with Crippen LogP contribution in [0.25, 0.3) is 0 Å². The SMILES string of the molecule is COCC(C)NS(=O)(=O)c1[nH]ncc1CNC(C)C. The highest BCUT2D eigenvalue weighted by molar-refractivity contribution is 7.89. The number of methoxy groups -OCH3 is 1. The van der Waals surface area contributed by atoms with Crippen molar-refractivity contribution in [3.05, 3.63) is 11.8 Å². The summed E-state index contributed by atoms with van der Waals surface area (Å²) >= 11 is 0. The van der Waals surface area contributed by atoms with Gasteiger partial charge in [-0.25, -0.2) is 13.1 Å². The van der Waals surface area contributed by atoms with Gasteiger partial charge in [0.25, 0.3) is 10.0 Å². The fourth-order valence-corrected chi connectivity index (χ4v) is 2.94. The number of nitrogens with one attached hydrogen (secondary N) is 3. The van der Waals surface area contributed by atoms with E-state index in [2.05, 4.69) is 20.2 Å². The number of hydrogen-bond donors (Lipinski definition) is 3. The van der Waals surface area contributed by atoms with Crippen LogP contribution < -0.4 is 10.0 Å². The molecule has 0 saturated heterocycles. The zero-order chi connectivity index (χ0) is 14.5.